The largest absolute Gasteiger partial charge is 0.275 e. The molecule has 0 atom stereocenters. The van der Waals surface area contributed by atoms with Crippen molar-refractivity contribution < 1.29 is 0 Å². The molecule has 5 nitrogen and oxygen atoms in total. The van der Waals surface area contributed by atoms with Crippen LogP contribution in [0, 0.1) is 6.92 Å². The van der Waals surface area contributed by atoms with Crippen molar-refractivity contribution in [2.24, 2.45) is 0 Å². The Morgan fingerprint density at radius 3 is 2.86 bits per heavy atom. The highest BCUT2D eigenvalue weighted by Crippen LogP contribution is 2.15. The Balaban J connectivity index is 2.91. The van der Waals surface area contributed by atoms with Gasteiger partial charge in [0.15, 0.2) is 0 Å². The summed E-state index contributed by atoms with van der Waals surface area (Å²) in [6.45, 7) is 5.90. The molecular weight excluding hydrogens is 180 g/mol. The summed E-state index contributed by atoms with van der Waals surface area (Å²) in [5.41, 5.74) is 1.44. The normalized spacial score (nSPS) is 11.4. The van der Waals surface area contributed by atoms with Gasteiger partial charge in [-0.15, -0.1) is 0 Å². The second-order valence-electron chi connectivity index (χ2n) is 3.58. The number of aromatic amines is 1. The molecular formula is C9H12N4O. The predicted octanol–water partition coefficient (Wildman–Crippen LogP) is 1.01. The van der Waals surface area contributed by atoms with Crippen LogP contribution in [0.5, 0.6) is 0 Å². The van der Waals surface area contributed by atoms with Gasteiger partial charge >= 0.3 is 0 Å². The van der Waals surface area contributed by atoms with Crippen molar-refractivity contribution >= 4 is 10.9 Å². The van der Waals surface area contributed by atoms with Gasteiger partial charge < -0.3 is 0 Å². The van der Waals surface area contributed by atoms with E-state index in [-0.39, 0.29) is 11.6 Å². The first-order valence-electron chi connectivity index (χ1n) is 4.53. The molecule has 2 aromatic rings. The van der Waals surface area contributed by atoms with Gasteiger partial charge in [-0.2, -0.15) is 10.2 Å². The second-order valence-corrected chi connectivity index (χ2v) is 3.58. The number of H-pyrrole nitrogens is 1. The Kier molecular flexibility index (Phi) is 1.87. The fourth-order valence-corrected chi connectivity index (χ4v) is 1.53. The summed E-state index contributed by atoms with van der Waals surface area (Å²) in [4.78, 5) is 11.4. The molecule has 1 N–H and O–H groups in total. The average molecular weight is 192 g/mol. The highest BCUT2D eigenvalue weighted by Gasteiger charge is 2.11. The average Bonchev–Trinajstić information content (AvgIpc) is 2.56. The number of rotatable bonds is 1. The summed E-state index contributed by atoms with van der Waals surface area (Å²) in [6.07, 6.45) is 1.59. The predicted molar refractivity (Wildman–Crippen MR) is 53.3 cm³/mol. The number of aryl methyl sites for hydroxylation is 1. The molecule has 0 radical (unpaired) electrons. The van der Waals surface area contributed by atoms with Gasteiger partial charge in [-0.05, 0) is 20.8 Å². The van der Waals surface area contributed by atoms with Crippen LogP contribution in [0.3, 0.4) is 0 Å². The van der Waals surface area contributed by atoms with Crippen molar-refractivity contribution in [2.45, 2.75) is 26.8 Å². The van der Waals surface area contributed by atoms with E-state index >= 15 is 0 Å². The summed E-state index contributed by atoms with van der Waals surface area (Å²) >= 11 is 0. The smallest absolute Gasteiger partial charge is 0.267 e. The molecule has 2 heterocycles. The lowest BCUT2D eigenvalue weighted by atomic mass is 10.3. The zero-order chi connectivity index (χ0) is 10.3. The molecule has 0 aromatic carbocycles. The third-order valence-corrected chi connectivity index (χ3v) is 2.20. The molecule has 0 aliphatic rings. The van der Waals surface area contributed by atoms with E-state index in [1.807, 2.05) is 25.5 Å². The van der Waals surface area contributed by atoms with Crippen molar-refractivity contribution in [3.05, 3.63) is 22.2 Å². The number of nitrogens with one attached hydrogen (secondary N) is 1. The second kappa shape index (κ2) is 2.94. The van der Waals surface area contributed by atoms with Crippen LogP contribution in [0.25, 0.3) is 10.9 Å². The fraction of sp³-hybridized carbons (Fsp3) is 0.444. The zero-order valence-corrected chi connectivity index (χ0v) is 8.40. The Morgan fingerprint density at radius 2 is 2.21 bits per heavy atom. The standard InChI is InChI=1S/C9H12N4O/c1-5(2)13-8-6(3)11-12-9(14)7(8)4-10-13/h4-5H,1-3H3,(H,12,14). The van der Waals surface area contributed by atoms with Crippen LogP contribution in [0.4, 0.5) is 0 Å². The summed E-state index contributed by atoms with van der Waals surface area (Å²) in [5, 5.41) is 11.1. The van der Waals surface area contributed by atoms with Crippen molar-refractivity contribution in [2.75, 3.05) is 0 Å². The quantitative estimate of drug-likeness (QED) is 0.733. The molecule has 0 fully saturated rings. The molecule has 5 heteroatoms. The molecule has 2 rings (SSSR count). The Hall–Kier alpha value is -1.65. The van der Waals surface area contributed by atoms with Gasteiger partial charge in [0, 0.05) is 6.04 Å². The van der Waals surface area contributed by atoms with E-state index in [0.717, 1.165) is 11.2 Å². The van der Waals surface area contributed by atoms with Gasteiger partial charge in [0.1, 0.15) is 0 Å². The van der Waals surface area contributed by atoms with E-state index in [4.69, 9.17) is 0 Å². The number of aromatic nitrogens is 4. The Morgan fingerprint density at radius 1 is 1.50 bits per heavy atom. The third kappa shape index (κ3) is 1.13. The third-order valence-electron chi connectivity index (χ3n) is 2.20. The van der Waals surface area contributed by atoms with Gasteiger partial charge in [0.2, 0.25) is 0 Å². The van der Waals surface area contributed by atoms with E-state index in [1.54, 1.807) is 6.20 Å². The molecule has 14 heavy (non-hydrogen) atoms. The van der Waals surface area contributed by atoms with Gasteiger partial charge in [-0.3, -0.25) is 9.48 Å². The Labute approximate surface area is 80.7 Å². The van der Waals surface area contributed by atoms with Gasteiger partial charge in [0.05, 0.1) is 22.8 Å². The lowest BCUT2D eigenvalue weighted by molar-refractivity contribution is 0.549. The van der Waals surface area contributed by atoms with Crippen molar-refractivity contribution in [3.8, 4) is 0 Å². The fourth-order valence-electron chi connectivity index (χ4n) is 1.53. The van der Waals surface area contributed by atoms with E-state index in [1.165, 1.54) is 0 Å². The van der Waals surface area contributed by atoms with Crippen LogP contribution < -0.4 is 5.56 Å². The van der Waals surface area contributed by atoms with E-state index in [9.17, 15) is 4.79 Å². The molecule has 0 unspecified atom stereocenters. The van der Waals surface area contributed by atoms with Crippen LogP contribution in [0.2, 0.25) is 0 Å². The summed E-state index contributed by atoms with van der Waals surface area (Å²) in [7, 11) is 0. The molecule has 0 spiro atoms. The van der Waals surface area contributed by atoms with Gasteiger partial charge in [0.25, 0.3) is 5.56 Å². The first-order chi connectivity index (χ1) is 6.61. The Bertz CT molecular complexity index is 523. The van der Waals surface area contributed by atoms with Crippen LogP contribution >= 0.6 is 0 Å². The van der Waals surface area contributed by atoms with Crippen molar-refractivity contribution in [1.82, 2.24) is 20.0 Å². The minimum atomic E-state index is -0.183. The summed E-state index contributed by atoms with van der Waals surface area (Å²) in [5.74, 6) is 0. The SMILES string of the molecule is Cc1n[nH]c(=O)c2cnn(C(C)C)c12. The number of hydrogen-bond donors (Lipinski definition) is 1. The molecule has 0 aliphatic heterocycles. The van der Waals surface area contributed by atoms with Crippen molar-refractivity contribution in [3.63, 3.8) is 0 Å². The first kappa shape index (κ1) is 8.93. The number of fused-ring (bicyclic) bond motifs is 1. The van der Waals surface area contributed by atoms with Gasteiger partial charge in [-0.1, -0.05) is 0 Å². The van der Waals surface area contributed by atoms with E-state index in [0.29, 0.717) is 5.39 Å². The minimum absolute atomic E-state index is 0.183. The van der Waals surface area contributed by atoms with Gasteiger partial charge in [-0.25, -0.2) is 5.10 Å². The van der Waals surface area contributed by atoms with Crippen LogP contribution in [-0.2, 0) is 0 Å². The molecule has 0 saturated carbocycles. The maximum atomic E-state index is 11.4. The molecule has 0 aliphatic carbocycles. The maximum Gasteiger partial charge on any atom is 0.275 e. The number of nitrogens with zero attached hydrogens (tertiary/aromatic N) is 3. The summed E-state index contributed by atoms with van der Waals surface area (Å²) < 4.78 is 1.81. The minimum Gasteiger partial charge on any atom is -0.267 e. The van der Waals surface area contributed by atoms with Crippen molar-refractivity contribution in [1.29, 1.82) is 0 Å². The molecule has 0 amide bonds. The lowest BCUT2D eigenvalue weighted by Crippen LogP contribution is -2.11. The maximum absolute atomic E-state index is 11.4. The highest BCUT2D eigenvalue weighted by molar-refractivity contribution is 5.79. The lowest BCUT2D eigenvalue weighted by Gasteiger charge is -2.07. The van der Waals surface area contributed by atoms with E-state index in [2.05, 4.69) is 15.3 Å². The van der Waals surface area contributed by atoms with Crippen LogP contribution in [-0.4, -0.2) is 20.0 Å². The molecule has 74 valence electrons. The molecule has 2 aromatic heterocycles. The molecule has 0 bridgehead atoms. The number of hydrogen-bond acceptors (Lipinski definition) is 3. The zero-order valence-electron chi connectivity index (χ0n) is 8.40. The highest BCUT2D eigenvalue weighted by atomic mass is 16.1. The molecule has 0 saturated heterocycles. The monoisotopic (exact) mass is 192 g/mol. The van der Waals surface area contributed by atoms with Crippen LogP contribution in [0.15, 0.2) is 11.0 Å². The first-order valence-corrected chi connectivity index (χ1v) is 4.53. The summed E-state index contributed by atoms with van der Waals surface area (Å²) in [6, 6.07) is 0.231. The van der Waals surface area contributed by atoms with Crippen LogP contribution in [0.1, 0.15) is 25.6 Å². The van der Waals surface area contributed by atoms with E-state index < -0.39 is 0 Å². The topological polar surface area (TPSA) is 63.6 Å².